The van der Waals surface area contributed by atoms with E-state index in [1.54, 1.807) is 22.7 Å². The number of thiophene rings is 2. The van der Waals surface area contributed by atoms with Gasteiger partial charge < -0.3 is 10.1 Å². The summed E-state index contributed by atoms with van der Waals surface area (Å²) < 4.78 is 6.16. The summed E-state index contributed by atoms with van der Waals surface area (Å²) >= 11 is 9.50. The Balaban J connectivity index is 1.77. The highest BCUT2D eigenvalue weighted by molar-refractivity contribution is 7.16. The summed E-state index contributed by atoms with van der Waals surface area (Å²) in [5.41, 5.74) is 0.274. The van der Waals surface area contributed by atoms with Crippen molar-refractivity contribution in [2.75, 3.05) is 19.8 Å². The molecule has 0 radical (unpaired) electrons. The van der Waals surface area contributed by atoms with Gasteiger partial charge >= 0.3 is 0 Å². The van der Waals surface area contributed by atoms with Crippen molar-refractivity contribution in [3.63, 3.8) is 0 Å². The standard InChI is InChI=1S/C14H16ClNOS2/c1-14(8-17-9-14)7-16-13(10-3-2-6-18-10)11-4-5-12(15)19-11/h2-6,13,16H,7-9H2,1H3. The Hall–Kier alpha value is -0.390. The fourth-order valence-electron chi connectivity index (χ4n) is 2.18. The normalized spacial score (nSPS) is 19.1. The van der Waals surface area contributed by atoms with Crippen LogP contribution in [0.3, 0.4) is 0 Å². The molecule has 19 heavy (non-hydrogen) atoms. The van der Waals surface area contributed by atoms with Crippen LogP contribution in [0.5, 0.6) is 0 Å². The minimum absolute atomic E-state index is 0.245. The predicted octanol–water partition coefficient (Wildman–Crippen LogP) is 4.18. The lowest BCUT2D eigenvalue weighted by atomic mass is 9.88. The molecule has 0 amide bonds. The van der Waals surface area contributed by atoms with Crippen LogP contribution in [0.25, 0.3) is 0 Å². The first-order chi connectivity index (χ1) is 9.16. The highest BCUT2D eigenvalue weighted by Crippen LogP contribution is 2.34. The van der Waals surface area contributed by atoms with E-state index in [0.717, 1.165) is 24.1 Å². The molecule has 2 aromatic rings. The van der Waals surface area contributed by atoms with Gasteiger partial charge in [0.2, 0.25) is 0 Å². The number of ether oxygens (including phenoxy) is 1. The van der Waals surface area contributed by atoms with E-state index in [-0.39, 0.29) is 11.5 Å². The summed E-state index contributed by atoms with van der Waals surface area (Å²) in [7, 11) is 0. The number of halogens is 1. The van der Waals surface area contributed by atoms with Crippen molar-refractivity contribution in [1.29, 1.82) is 0 Å². The van der Waals surface area contributed by atoms with Crippen LogP contribution in [0.2, 0.25) is 4.34 Å². The largest absolute Gasteiger partial charge is 0.380 e. The molecular weight excluding hydrogens is 298 g/mol. The lowest BCUT2D eigenvalue weighted by Crippen LogP contribution is -2.48. The van der Waals surface area contributed by atoms with Crippen LogP contribution in [-0.2, 0) is 4.74 Å². The molecule has 0 spiro atoms. The van der Waals surface area contributed by atoms with Gasteiger partial charge in [-0.05, 0) is 23.6 Å². The van der Waals surface area contributed by atoms with Gasteiger partial charge in [0.05, 0.1) is 23.6 Å². The third-order valence-corrected chi connectivity index (χ3v) is 5.57. The average Bonchev–Trinajstić information content (AvgIpc) is 2.99. The van der Waals surface area contributed by atoms with E-state index in [2.05, 4.69) is 35.8 Å². The first kappa shape index (κ1) is 13.6. The predicted molar refractivity (Wildman–Crippen MR) is 82.4 cm³/mol. The Labute approximate surface area is 126 Å². The van der Waals surface area contributed by atoms with Gasteiger partial charge in [-0.3, -0.25) is 0 Å². The van der Waals surface area contributed by atoms with Crippen molar-refractivity contribution in [2.24, 2.45) is 5.41 Å². The fourth-order valence-corrected chi connectivity index (χ4v) is 4.23. The molecule has 1 atom stereocenters. The molecule has 1 saturated heterocycles. The molecule has 0 bridgehead atoms. The molecule has 102 valence electrons. The maximum atomic E-state index is 6.07. The first-order valence-corrected chi connectivity index (χ1v) is 8.33. The molecule has 0 aliphatic carbocycles. The quantitative estimate of drug-likeness (QED) is 0.894. The molecule has 1 aliphatic heterocycles. The van der Waals surface area contributed by atoms with Crippen molar-refractivity contribution < 1.29 is 4.74 Å². The Morgan fingerprint density at radius 2 is 2.21 bits per heavy atom. The molecule has 1 N–H and O–H groups in total. The van der Waals surface area contributed by atoms with Gasteiger partial charge in [-0.15, -0.1) is 22.7 Å². The van der Waals surface area contributed by atoms with Gasteiger partial charge in [-0.1, -0.05) is 24.6 Å². The Morgan fingerprint density at radius 1 is 1.37 bits per heavy atom. The van der Waals surface area contributed by atoms with Crippen molar-refractivity contribution >= 4 is 34.3 Å². The summed E-state index contributed by atoms with van der Waals surface area (Å²) in [5, 5.41) is 5.79. The fraction of sp³-hybridized carbons (Fsp3) is 0.429. The van der Waals surface area contributed by atoms with Crippen LogP contribution in [0.1, 0.15) is 22.7 Å². The maximum absolute atomic E-state index is 6.07. The van der Waals surface area contributed by atoms with Crippen LogP contribution in [0.15, 0.2) is 29.6 Å². The molecule has 0 saturated carbocycles. The van der Waals surface area contributed by atoms with Crippen molar-refractivity contribution in [2.45, 2.75) is 13.0 Å². The van der Waals surface area contributed by atoms with Gasteiger partial charge in [0.25, 0.3) is 0 Å². The smallest absolute Gasteiger partial charge is 0.0931 e. The van der Waals surface area contributed by atoms with Crippen LogP contribution in [0.4, 0.5) is 0 Å². The van der Waals surface area contributed by atoms with E-state index >= 15 is 0 Å². The SMILES string of the molecule is CC1(CNC(c2cccs2)c2ccc(Cl)s2)COC1. The Morgan fingerprint density at radius 3 is 2.74 bits per heavy atom. The van der Waals surface area contributed by atoms with Crippen LogP contribution < -0.4 is 5.32 Å². The molecular formula is C14H16ClNOS2. The van der Waals surface area contributed by atoms with Gasteiger partial charge in [0, 0.05) is 21.7 Å². The average molecular weight is 314 g/mol. The van der Waals surface area contributed by atoms with Gasteiger partial charge in [-0.25, -0.2) is 0 Å². The third kappa shape index (κ3) is 3.03. The number of rotatable bonds is 5. The van der Waals surface area contributed by atoms with Gasteiger partial charge in [-0.2, -0.15) is 0 Å². The van der Waals surface area contributed by atoms with E-state index in [9.17, 15) is 0 Å². The summed E-state index contributed by atoms with van der Waals surface area (Å²) in [4.78, 5) is 2.61. The number of hydrogen-bond acceptors (Lipinski definition) is 4. The summed E-state index contributed by atoms with van der Waals surface area (Å²) in [5.74, 6) is 0. The van der Waals surface area contributed by atoms with Crippen LogP contribution in [0, 0.1) is 5.41 Å². The molecule has 1 fully saturated rings. The second-order valence-corrected chi connectivity index (χ2v) is 8.00. The van der Waals surface area contributed by atoms with Crippen LogP contribution in [-0.4, -0.2) is 19.8 Å². The summed E-state index contributed by atoms with van der Waals surface area (Å²) in [6.45, 7) is 4.92. The van der Waals surface area contributed by atoms with Gasteiger partial charge in [0.15, 0.2) is 0 Å². The highest BCUT2D eigenvalue weighted by Gasteiger charge is 2.34. The van der Waals surface area contributed by atoms with Gasteiger partial charge in [0.1, 0.15) is 0 Å². The molecule has 2 nitrogen and oxygen atoms in total. The van der Waals surface area contributed by atoms with Crippen LogP contribution >= 0.6 is 34.3 Å². The van der Waals surface area contributed by atoms with E-state index in [0.29, 0.717) is 0 Å². The molecule has 2 aromatic heterocycles. The minimum Gasteiger partial charge on any atom is -0.380 e. The van der Waals surface area contributed by atoms with E-state index in [4.69, 9.17) is 16.3 Å². The zero-order valence-corrected chi connectivity index (χ0v) is 13.1. The highest BCUT2D eigenvalue weighted by atomic mass is 35.5. The molecule has 1 aliphatic rings. The topological polar surface area (TPSA) is 21.3 Å². The monoisotopic (exact) mass is 313 g/mol. The second kappa shape index (κ2) is 5.54. The first-order valence-electron chi connectivity index (χ1n) is 6.26. The zero-order valence-electron chi connectivity index (χ0n) is 10.7. The molecule has 1 unspecified atom stereocenters. The lowest BCUT2D eigenvalue weighted by Gasteiger charge is -2.39. The number of nitrogens with one attached hydrogen (secondary N) is 1. The second-order valence-electron chi connectivity index (χ2n) is 5.27. The number of hydrogen-bond donors (Lipinski definition) is 1. The van der Waals surface area contributed by atoms with E-state index < -0.39 is 0 Å². The van der Waals surface area contributed by atoms with Crippen molar-refractivity contribution in [3.05, 3.63) is 43.7 Å². The van der Waals surface area contributed by atoms with E-state index in [1.165, 1.54) is 9.75 Å². The Bertz CT molecular complexity index is 533. The minimum atomic E-state index is 0.245. The van der Waals surface area contributed by atoms with E-state index in [1.807, 2.05) is 6.07 Å². The third-order valence-electron chi connectivity index (χ3n) is 3.34. The summed E-state index contributed by atoms with van der Waals surface area (Å²) in [6.07, 6.45) is 0. The zero-order chi connectivity index (χ0) is 13.3. The molecule has 5 heteroatoms. The lowest BCUT2D eigenvalue weighted by molar-refractivity contribution is -0.0996. The molecule has 3 rings (SSSR count). The Kier molecular flexibility index (Phi) is 3.96. The molecule has 3 heterocycles. The molecule has 0 aromatic carbocycles. The maximum Gasteiger partial charge on any atom is 0.0931 e. The summed E-state index contributed by atoms with van der Waals surface area (Å²) in [6, 6.07) is 8.60. The van der Waals surface area contributed by atoms with Crippen molar-refractivity contribution in [1.82, 2.24) is 5.32 Å². The van der Waals surface area contributed by atoms with Crippen molar-refractivity contribution in [3.8, 4) is 0 Å².